The minimum Gasteiger partial charge on any atom is -0.352 e. The molecule has 0 saturated carbocycles. The molecule has 1 heterocycles. The maximum atomic E-state index is 12.3. The summed E-state index contributed by atoms with van der Waals surface area (Å²) in [6.07, 6.45) is 14.5. The van der Waals surface area contributed by atoms with Crippen molar-refractivity contribution < 1.29 is 4.79 Å². The molecular formula is C23H36N2O. The van der Waals surface area contributed by atoms with E-state index in [0.29, 0.717) is 6.42 Å². The van der Waals surface area contributed by atoms with Crippen LogP contribution >= 0.6 is 0 Å². The summed E-state index contributed by atoms with van der Waals surface area (Å²) in [4.78, 5) is 14.8. The molecule has 3 heteroatoms. The average molecular weight is 357 g/mol. The molecule has 2 rings (SSSR count). The summed E-state index contributed by atoms with van der Waals surface area (Å²) in [5.74, 6) is 0.221. The number of benzene rings is 1. The molecule has 1 amide bonds. The van der Waals surface area contributed by atoms with Crippen molar-refractivity contribution in [2.45, 2.75) is 70.8 Å². The highest BCUT2D eigenvalue weighted by Gasteiger charge is 2.18. The highest BCUT2D eigenvalue weighted by Crippen LogP contribution is 2.11. The van der Waals surface area contributed by atoms with Crippen LogP contribution in [0.15, 0.2) is 36.4 Å². The number of unbranched alkanes of at least 4 members (excludes halogenated alkanes) is 4. The number of likely N-dealkylation sites (tertiary alicyclic amines) is 1. The van der Waals surface area contributed by atoms with Crippen molar-refractivity contribution in [3.63, 3.8) is 0 Å². The standard InChI is InChI=1S/C23H36N2O/c1-2-3-4-5-9-17-23(26)24-22(20-25-18-10-11-19-25)16-12-15-21-13-7-6-8-14-21/h6-8,12-15,22H,2-5,9-11,16-20H2,1H3,(H,24,26)/b15-12+/t22-/m0/s1. The SMILES string of the molecule is CCCCCCCC(=O)N[C@@H](C/C=C/c1ccccc1)CN1CCCC1. The molecule has 1 fully saturated rings. The quantitative estimate of drug-likeness (QED) is 0.533. The van der Waals surface area contributed by atoms with Gasteiger partial charge >= 0.3 is 0 Å². The molecule has 1 aliphatic rings. The van der Waals surface area contributed by atoms with Crippen molar-refractivity contribution in [1.29, 1.82) is 0 Å². The molecule has 3 nitrogen and oxygen atoms in total. The Morgan fingerprint density at radius 3 is 2.58 bits per heavy atom. The molecule has 0 radical (unpaired) electrons. The Balaban J connectivity index is 1.78. The van der Waals surface area contributed by atoms with E-state index >= 15 is 0 Å². The van der Waals surface area contributed by atoms with Gasteiger partial charge in [0.15, 0.2) is 0 Å². The third-order valence-electron chi connectivity index (χ3n) is 5.08. The second-order valence-electron chi connectivity index (χ2n) is 7.49. The number of rotatable bonds is 12. The molecule has 26 heavy (non-hydrogen) atoms. The number of nitrogens with one attached hydrogen (secondary N) is 1. The molecule has 144 valence electrons. The van der Waals surface area contributed by atoms with Crippen molar-refractivity contribution in [3.8, 4) is 0 Å². The highest BCUT2D eigenvalue weighted by molar-refractivity contribution is 5.76. The second-order valence-corrected chi connectivity index (χ2v) is 7.49. The molecule has 1 saturated heterocycles. The summed E-state index contributed by atoms with van der Waals surface area (Å²) >= 11 is 0. The van der Waals surface area contributed by atoms with E-state index in [2.05, 4.69) is 53.6 Å². The fourth-order valence-electron chi connectivity index (χ4n) is 3.58. The van der Waals surface area contributed by atoms with Crippen LogP contribution in [-0.4, -0.2) is 36.5 Å². The number of amides is 1. The maximum Gasteiger partial charge on any atom is 0.220 e. The summed E-state index contributed by atoms with van der Waals surface area (Å²) in [6.45, 7) is 5.54. The van der Waals surface area contributed by atoms with Crippen LogP contribution in [0.3, 0.4) is 0 Å². The minimum atomic E-state index is 0.219. The molecule has 1 aromatic rings. The van der Waals surface area contributed by atoms with Gasteiger partial charge in [-0.2, -0.15) is 0 Å². The molecule has 1 N–H and O–H groups in total. The van der Waals surface area contributed by atoms with Crippen LogP contribution in [0.1, 0.15) is 70.3 Å². The monoisotopic (exact) mass is 356 g/mol. The Labute approximate surface area is 159 Å². The first-order valence-corrected chi connectivity index (χ1v) is 10.5. The van der Waals surface area contributed by atoms with E-state index in [1.54, 1.807) is 0 Å². The Hall–Kier alpha value is -1.61. The van der Waals surface area contributed by atoms with E-state index in [4.69, 9.17) is 0 Å². The van der Waals surface area contributed by atoms with Crippen molar-refractivity contribution in [2.75, 3.05) is 19.6 Å². The molecule has 1 atom stereocenters. The molecule has 1 aliphatic heterocycles. The zero-order valence-electron chi connectivity index (χ0n) is 16.5. The van der Waals surface area contributed by atoms with Crippen LogP contribution in [0, 0.1) is 0 Å². The number of carbonyl (C=O) groups is 1. The Morgan fingerprint density at radius 2 is 1.85 bits per heavy atom. The van der Waals surface area contributed by atoms with Gasteiger partial charge in [0.25, 0.3) is 0 Å². The number of carbonyl (C=O) groups excluding carboxylic acids is 1. The van der Waals surface area contributed by atoms with Gasteiger partial charge in [0, 0.05) is 19.0 Å². The second kappa shape index (κ2) is 12.7. The fraction of sp³-hybridized carbons (Fsp3) is 0.609. The minimum absolute atomic E-state index is 0.219. The predicted molar refractivity (Wildman–Crippen MR) is 111 cm³/mol. The fourth-order valence-corrected chi connectivity index (χ4v) is 3.58. The maximum absolute atomic E-state index is 12.3. The third-order valence-corrected chi connectivity index (χ3v) is 5.08. The summed E-state index contributed by atoms with van der Waals surface area (Å²) in [5.41, 5.74) is 1.22. The summed E-state index contributed by atoms with van der Waals surface area (Å²) < 4.78 is 0. The van der Waals surface area contributed by atoms with Crippen molar-refractivity contribution in [2.24, 2.45) is 0 Å². The van der Waals surface area contributed by atoms with Gasteiger partial charge in [-0.25, -0.2) is 0 Å². The van der Waals surface area contributed by atoms with Gasteiger partial charge in [-0.05, 0) is 44.3 Å². The zero-order valence-corrected chi connectivity index (χ0v) is 16.5. The Morgan fingerprint density at radius 1 is 1.12 bits per heavy atom. The molecule has 0 unspecified atom stereocenters. The average Bonchev–Trinajstić information content (AvgIpc) is 3.15. The van der Waals surface area contributed by atoms with E-state index in [9.17, 15) is 4.79 Å². The lowest BCUT2D eigenvalue weighted by Gasteiger charge is -2.23. The topological polar surface area (TPSA) is 32.3 Å². The number of nitrogens with zero attached hydrogens (tertiary/aromatic N) is 1. The molecule has 0 spiro atoms. The van der Waals surface area contributed by atoms with Gasteiger partial charge in [-0.3, -0.25) is 4.79 Å². The Bertz CT molecular complexity index is 520. The van der Waals surface area contributed by atoms with Crippen LogP contribution in [0.4, 0.5) is 0 Å². The molecule has 0 aromatic heterocycles. The summed E-state index contributed by atoms with van der Waals surface area (Å²) in [5, 5.41) is 3.29. The first-order valence-electron chi connectivity index (χ1n) is 10.5. The molecule has 1 aromatic carbocycles. The van der Waals surface area contributed by atoms with E-state index in [1.807, 2.05) is 6.07 Å². The van der Waals surface area contributed by atoms with Gasteiger partial charge < -0.3 is 10.2 Å². The third kappa shape index (κ3) is 8.66. The summed E-state index contributed by atoms with van der Waals surface area (Å²) in [6, 6.07) is 10.6. The normalized spacial score (nSPS) is 16.2. The number of hydrogen-bond donors (Lipinski definition) is 1. The van der Waals surface area contributed by atoms with Gasteiger partial charge in [-0.1, -0.05) is 75.1 Å². The van der Waals surface area contributed by atoms with Crippen LogP contribution < -0.4 is 5.32 Å². The smallest absolute Gasteiger partial charge is 0.220 e. The van der Waals surface area contributed by atoms with E-state index in [0.717, 1.165) is 19.4 Å². The van der Waals surface area contributed by atoms with Crippen molar-refractivity contribution in [3.05, 3.63) is 42.0 Å². The first kappa shape index (κ1) is 20.7. The van der Waals surface area contributed by atoms with Gasteiger partial charge in [0.05, 0.1) is 0 Å². The molecule has 0 bridgehead atoms. The van der Waals surface area contributed by atoms with Crippen LogP contribution in [0.2, 0.25) is 0 Å². The predicted octanol–water partition coefficient (Wildman–Crippen LogP) is 5.03. The van der Waals surface area contributed by atoms with Crippen LogP contribution in [-0.2, 0) is 4.79 Å². The largest absolute Gasteiger partial charge is 0.352 e. The zero-order chi connectivity index (χ0) is 18.5. The van der Waals surface area contributed by atoms with E-state index in [1.165, 1.54) is 57.2 Å². The summed E-state index contributed by atoms with van der Waals surface area (Å²) in [7, 11) is 0. The van der Waals surface area contributed by atoms with Crippen molar-refractivity contribution >= 4 is 12.0 Å². The van der Waals surface area contributed by atoms with E-state index < -0.39 is 0 Å². The number of hydrogen-bond acceptors (Lipinski definition) is 2. The van der Waals surface area contributed by atoms with Crippen molar-refractivity contribution in [1.82, 2.24) is 10.2 Å². The Kier molecular flexibility index (Phi) is 10.1. The van der Waals surface area contributed by atoms with Gasteiger partial charge in [0.2, 0.25) is 5.91 Å². The van der Waals surface area contributed by atoms with Crippen LogP contribution in [0.5, 0.6) is 0 Å². The lowest BCUT2D eigenvalue weighted by Crippen LogP contribution is -2.42. The van der Waals surface area contributed by atoms with E-state index in [-0.39, 0.29) is 11.9 Å². The van der Waals surface area contributed by atoms with Gasteiger partial charge in [0.1, 0.15) is 0 Å². The molecular weight excluding hydrogens is 320 g/mol. The van der Waals surface area contributed by atoms with Gasteiger partial charge in [-0.15, -0.1) is 0 Å². The van der Waals surface area contributed by atoms with Crippen LogP contribution in [0.25, 0.3) is 6.08 Å². The first-order chi connectivity index (χ1) is 12.8. The molecule has 0 aliphatic carbocycles. The highest BCUT2D eigenvalue weighted by atomic mass is 16.1. The lowest BCUT2D eigenvalue weighted by molar-refractivity contribution is -0.122. The lowest BCUT2D eigenvalue weighted by atomic mass is 10.1.